The fraction of sp³-hybridized carbons (Fsp3) is 0.294. The number of fused-ring (bicyclic) bond motifs is 1. The third-order valence-corrected chi connectivity index (χ3v) is 3.87. The Morgan fingerprint density at radius 2 is 2.08 bits per heavy atom. The molecule has 0 unspecified atom stereocenters. The normalized spacial score (nSPS) is 10.9. The number of hydrogen-bond donors (Lipinski definition) is 2. The third-order valence-electron chi connectivity index (χ3n) is 3.87. The Bertz CT molecular complexity index is 852. The zero-order valence-corrected chi connectivity index (χ0v) is 13.6. The maximum atomic E-state index is 12.3. The first-order valence-electron chi connectivity index (χ1n) is 7.97. The highest BCUT2D eigenvalue weighted by Crippen LogP contribution is 2.21. The quantitative estimate of drug-likeness (QED) is 0.671. The summed E-state index contributed by atoms with van der Waals surface area (Å²) < 4.78 is 1.66. The van der Waals surface area contributed by atoms with E-state index in [0.29, 0.717) is 24.5 Å². The lowest BCUT2D eigenvalue weighted by atomic mass is 10.2. The third kappa shape index (κ3) is 3.11. The summed E-state index contributed by atoms with van der Waals surface area (Å²) in [5.41, 5.74) is 8.09. The van der Waals surface area contributed by atoms with E-state index in [1.165, 1.54) is 0 Å². The van der Waals surface area contributed by atoms with Crippen molar-refractivity contribution < 1.29 is 4.79 Å². The zero-order chi connectivity index (χ0) is 16.9. The van der Waals surface area contributed by atoms with Gasteiger partial charge in [-0.3, -0.25) is 9.78 Å². The van der Waals surface area contributed by atoms with Crippen LogP contribution < -0.4 is 11.1 Å². The topological polar surface area (TPSA) is 98.7 Å². The Balaban J connectivity index is 1.88. The molecule has 0 atom stereocenters. The van der Waals surface area contributed by atoms with Crippen LogP contribution in [0.1, 0.15) is 29.0 Å². The van der Waals surface area contributed by atoms with Gasteiger partial charge in [0.05, 0.1) is 16.9 Å². The van der Waals surface area contributed by atoms with Crippen LogP contribution in [0.5, 0.6) is 0 Å². The molecule has 0 fully saturated rings. The van der Waals surface area contributed by atoms with Gasteiger partial charge in [0.1, 0.15) is 0 Å². The highest BCUT2D eigenvalue weighted by Gasteiger charge is 2.18. The maximum absolute atomic E-state index is 12.3. The van der Waals surface area contributed by atoms with Gasteiger partial charge >= 0.3 is 0 Å². The minimum Gasteiger partial charge on any atom is -0.351 e. The van der Waals surface area contributed by atoms with Crippen LogP contribution in [0, 0.1) is 6.92 Å². The van der Waals surface area contributed by atoms with Gasteiger partial charge in [0.25, 0.3) is 5.91 Å². The second-order valence-electron chi connectivity index (χ2n) is 5.54. The highest BCUT2D eigenvalue weighted by molar-refractivity contribution is 5.93. The van der Waals surface area contributed by atoms with Gasteiger partial charge in [0, 0.05) is 18.1 Å². The number of benzene rings is 1. The van der Waals surface area contributed by atoms with Gasteiger partial charge in [-0.2, -0.15) is 0 Å². The number of para-hydroxylation sites is 1. The monoisotopic (exact) mass is 324 g/mol. The number of rotatable bonds is 6. The van der Waals surface area contributed by atoms with E-state index in [4.69, 9.17) is 5.73 Å². The van der Waals surface area contributed by atoms with Gasteiger partial charge in [0.15, 0.2) is 5.69 Å². The largest absolute Gasteiger partial charge is 0.351 e. The number of unbranched alkanes of at least 4 members (excludes halogenated alkanes) is 1. The van der Waals surface area contributed by atoms with Crippen molar-refractivity contribution in [3.63, 3.8) is 0 Å². The van der Waals surface area contributed by atoms with Crippen molar-refractivity contribution in [2.45, 2.75) is 19.8 Å². The number of amides is 1. The predicted octanol–water partition coefficient (Wildman–Crippen LogP) is 1.59. The molecule has 7 nitrogen and oxygen atoms in total. The molecule has 0 spiro atoms. The summed E-state index contributed by atoms with van der Waals surface area (Å²) in [6, 6.07) is 9.72. The Hall–Kier alpha value is -2.80. The molecule has 1 aromatic carbocycles. The average molecular weight is 324 g/mol. The SMILES string of the molecule is Cc1c(C(=O)NCCCCN)nnn1-c1cccc2cccnc12. The summed E-state index contributed by atoms with van der Waals surface area (Å²) in [6.45, 7) is 3.04. The van der Waals surface area contributed by atoms with Gasteiger partial charge in [0.2, 0.25) is 0 Å². The summed E-state index contributed by atoms with van der Waals surface area (Å²) in [5.74, 6) is -0.219. The summed E-state index contributed by atoms with van der Waals surface area (Å²) in [7, 11) is 0. The standard InChI is InChI=1S/C17H20N6O/c1-12-15(17(24)20-10-3-2-9-18)21-22-23(12)14-8-4-6-13-7-5-11-19-16(13)14/h4-8,11H,2-3,9-10,18H2,1H3,(H,20,24). The van der Waals surface area contributed by atoms with Crippen LogP contribution in [0.2, 0.25) is 0 Å². The first-order valence-corrected chi connectivity index (χ1v) is 7.97. The highest BCUT2D eigenvalue weighted by atomic mass is 16.2. The molecule has 0 saturated heterocycles. The lowest BCUT2D eigenvalue weighted by molar-refractivity contribution is 0.0947. The molecule has 0 aliphatic carbocycles. The van der Waals surface area contributed by atoms with Crippen LogP contribution in [-0.4, -0.2) is 39.0 Å². The number of hydrogen-bond acceptors (Lipinski definition) is 5. The van der Waals surface area contributed by atoms with Crippen LogP contribution in [0.4, 0.5) is 0 Å². The Morgan fingerprint density at radius 3 is 2.92 bits per heavy atom. The number of nitrogens with zero attached hydrogens (tertiary/aromatic N) is 4. The molecule has 3 N–H and O–H groups in total. The lowest BCUT2D eigenvalue weighted by Gasteiger charge is -2.07. The average Bonchev–Trinajstić information content (AvgIpc) is 2.99. The molecular weight excluding hydrogens is 304 g/mol. The van der Waals surface area contributed by atoms with E-state index in [1.54, 1.807) is 10.9 Å². The van der Waals surface area contributed by atoms with Crippen molar-refractivity contribution in [1.29, 1.82) is 0 Å². The number of carbonyl (C=O) groups is 1. The van der Waals surface area contributed by atoms with E-state index < -0.39 is 0 Å². The van der Waals surface area contributed by atoms with Crippen LogP contribution >= 0.6 is 0 Å². The van der Waals surface area contributed by atoms with Crippen LogP contribution in [-0.2, 0) is 0 Å². The Morgan fingerprint density at radius 1 is 1.25 bits per heavy atom. The molecule has 3 aromatic rings. The smallest absolute Gasteiger partial charge is 0.273 e. The second kappa shape index (κ2) is 7.18. The summed E-state index contributed by atoms with van der Waals surface area (Å²) >= 11 is 0. The zero-order valence-electron chi connectivity index (χ0n) is 13.6. The summed E-state index contributed by atoms with van der Waals surface area (Å²) in [5, 5.41) is 12.1. The van der Waals surface area contributed by atoms with E-state index in [2.05, 4.69) is 20.6 Å². The molecule has 2 aromatic heterocycles. The summed E-state index contributed by atoms with van der Waals surface area (Å²) in [4.78, 5) is 16.7. The Labute approximate surface area is 139 Å². The molecule has 7 heteroatoms. The van der Waals surface area contributed by atoms with E-state index >= 15 is 0 Å². The molecular formula is C17H20N6O. The molecule has 0 aliphatic heterocycles. The number of nitrogens with one attached hydrogen (secondary N) is 1. The van der Waals surface area contributed by atoms with E-state index in [-0.39, 0.29) is 5.91 Å². The van der Waals surface area contributed by atoms with Crippen LogP contribution in [0.15, 0.2) is 36.5 Å². The minimum absolute atomic E-state index is 0.219. The molecule has 0 bridgehead atoms. The molecule has 0 radical (unpaired) electrons. The van der Waals surface area contributed by atoms with Crippen molar-refractivity contribution in [2.75, 3.05) is 13.1 Å². The molecule has 0 aliphatic rings. The van der Waals surface area contributed by atoms with Crippen LogP contribution in [0.25, 0.3) is 16.6 Å². The van der Waals surface area contributed by atoms with Crippen molar-refractivity contribution in [3.05, 3.63) is 47.9 Å². The number of carbonyl (C=O) groups excluding carboxylic acids is 1. The van der Waals surface area contributed by atoms with Gasteiger partial charge in [-0.1, -0.05) is 23.4 Å². The predicted molar refractivity (Wildman–Crippen MR) is 92.0 cm³/mol. The van der Waals surface area contributed by atoms with Crippen LogP contribution in [0.3, 0.4) is 0 Å². The molecule has 124 valence electrons. The molecule has 3 rings (SSSR count). The Kier molecular flexibility index (Phi) is 4.81. The van der Waals surface area contributed by atoms with E-state index in [9.17, 15) is 4.79 Å². The van der Waals surface area contributed by atoms with Gasteiger partial charge in [-0.15, -0.1) is 5.10 Å². The minimum atomic E-state index is -0.219. The van der Waals surface area contributed by atoms with E-state index in [1.807, 2.05) is 37.3 Å². The van der Waals surface area contributed by atoms with E-state index in [0.717, 1.165) is 29.4 Å². The molecule has 24 heavy (non-hydrogen) atoms. The molecule has 1 amide bonds. The summed E-state index contributed by atoms with van der Waals surface area (Å²) in [6.07, 6.45) is 3.47. The van der Waals surface area contributed by atoms with Crippen molar-refractivity contribution >= 4 is 16.8 Å². The van der Waals surface area contributed by atoms with Crippen molar-refractivity contribution in [3.8, 4) is 5.69 Å². The number of nitrogens with two attached hydrogens (primary N) is 1. The second-order valence-corrected chi connectivity index (χ2v) is 5.54. The number of aromatic nitrogens is 4. The number of pyridine rings is 1. The van der Waals surface area contributed by atoms with Gasteiger partial charge in [-0.25, -0.2) is 4.68 Å². The fourth-order valence-corrected chi connectivity index (χ4v) is 2.58. The van der Waals surface area contributed by atoms with Crippen molar-refractivity contribution in [2.24, 2.45) is 5.73 Å². The lowest BCUT2D eigenvalue weighted by Crippen LogP contribution is -2.26. The molecule has 0 saturated carbocycles. The van der Waals surface area contributed by atoms with Gasteiger partial charge in [-0.05, 0) is 38.4 Å². The van der Waals surface area contributed by atoms with Gasteiger partial charge < -0.3 is 11.1 Å². The first kappa shape index (κ1) is 16.1. The maximum Gasteiger partial charge on any atom is 0.273 e. The molecule has 2 heterocycles. The fourth-order valence-electron chi connectivity index (χ4n) is 2.58. The first-order chi connectivity index (χ1) is 11.7. The van der Waals surface area contributed by atoms with Crippen molar-refractivity contribution in [1.82, 2.24) is 25.3 Å².